The highest BCUT2D eigenvalue weighted by atomic mass is 31.1. The van der Waals surface area contributed by atoms with Crippen LogP contribution in [0, 0.1) is 5.82 Å². The van der Waals surface area contributed by atoms with Crippen molar-refractivity contribution in [3.8, 4) is 11.3 Å². The average Bonchev–Trinajstić information content (AvgIpc) is 2.77. The van der Waals surface area contributed by atoms with Gasteiger partial charge >= 0.3 is 14.0 Å². The van der Waals surface area contributed by atoms with E-state index in [0.29, 0.717) is 16.8 Å². The molecular weight excluding hydrogens is 444 g/mol. The number of esters is 1. The Bertz CT molecular complexity index is 1190. The van der Waals surface area contributed by atoms with Gasteiger partial charge in [0.1, 0.15) is 17.7 Å². The lowest BCUT2D eigenvalue weighted by atomic mass is 9.89. The van der Waals surface area contributed by atoms with E-state index < -0.39 is 20.1 Å². The molecule has 0 aliphatic rings. The maximum atomic E-state index is 13.6. The lowest BCUT2D eigenvalue weighted by Crippen LogP contribution is -2.18. The number of para-hydroxylation sites is 1. The summed E-state index contributed by atoms with van der Waals surface area (Å²) in [4.78, 5) is 17.3. The molecule has 3 rings (SSSR count). The van der Waals surface area contributed by atoms with Gasteiger partial charge in [-0.1, -0.05) is 38.6 Å². The van der Waals surface area contributed by atoms with Gasteiger partial charge in [0.05, 0.1) is 24.7 Å². The number of hydrogen-bond acceptors (Lipinski definition) is 6. The third kappa shape index (κ3) is 5.88. The number of carbonyl (C=O) groups excluding carboxylic acids is 1. The quantitative estimate of drug-likeness (QED) is 0.241. The average molecular weight is 470 g/mol. The first-order valence-electron chi connectivity index (χ1n) is 10.5. The Morgan fingerprint density at radius 3 is 2.48 bits per heavy atom. The fourth-order valence-electron chi connectivity index (χ4n) is 3.67. The molecular formula is C25H26FNO5P+. The van der Waals surface area contributed by atoms with Crippen LogP contribution in [0.1, 0.15) is 37.3 Å². The first-order chi connectivity index (χ1) is 15.7. The molecule has 1 aromatic heterocycles. The smallest absolute Gasteiger partial charge is 0.426 e. The number of benzene rings is 2. The van der Waals surface area contributed by atoms with Crippen molar-refractivity contribution in [2.75, 3.05) is 13.3 Å². The SMILES string of the molecule is C=C(OC(=O)CC(O)C[P+](=O)OC)c1c(-c2ccc(F)cc2)nc2ccccc2c1C(C)C. The molecule has 172 valence electrons. The monoisotopic (exact) mass is 470 g/mol. The van der Waals surface area contributed by atoms with Gasteiger partial charge in [-0.25, -0.2) is 9.37 Å². The number of hydrogen-bond donors (Lipinski definition) is 1. The van der Waals surface area contributed by atoms with Gasteiger partial charge in [-0.15, -0.1) is 4.52 Å². The number of halogens is 1. The van der Waals surface area contributed by atoms with Crippen LogP contribution in [0.3, 0.4) is 0 Å². The van der Waals surface area contributed by atoms with Crippen LogP contribution in [-0.2, 0) is 18.6 Å². The first kappa shape index (κ1) is 24.6. The predicted molar refractivity (Wildman–Crippen MR) is 126 cm³/mol. The number of pyridine rings is 1. The molecule has 0 fully saturated rings. The number of fused-ring (bicyclic) bond motifs is 1. The zero-order chi connectivity index (χ0) is 24.1. The van der Waals surface area contributed by atoms with E-state index in [1.54, 1.807) is 12.1 Å². The Balaban J connectivity index is 2.05. The standard InChI is InChI=1S/C25H26FNO5P/c1-15(2)23-20-7-5-6-8-21(20)27-25(17-9-11-18(26)12-10-17)24(23)16(3)32-22(29)13-19(28)14-33(30)31-4/h5-12,15,19,28H,3,13-14H2,1-2,4H3/q+1. The van der Waals surface area contributed by atoms with Gasteiger partial charge in [-0.3, -0.25) is 4.79 Å². The molecule has 0 amide bonds. The summed E-state index contributed by atoms with van der Waals surface area (Å²) in [5.74, 6) is -0.998. The highest BCUT2D eigenvalue weighted by Gasteiger charge is 2.27. The third-order valence-electron chi connectivity index (χ3n) is 5.11. The lowest BCUT2D eigenvalue weighted by molar-refractivity contribution is -0.138. The van der Waals surface area contributed by atoms with E-state index in [0.717, 1.165) is 16.5 Å². The van der Waals surface area contributed by atoms with Gasteiger partial charge < -0.3 is 9.84 Å². The van der Waals surface area contributed by atoms with E-state index in [4.69, 9.17) is 9.72 Å². The summed E-state index contributed by atoms with van der Waals surface area (Å²) < 4.78 is 35.2. The van der Waals surface area contributed by atoms with Crippen molar-refractivity contribution in [1.29, 1.82) is 0 Å². The zero-order valence-corrected chi connectivity index (χ0v) is 19.6. The third-order valence-corrected chi connectivity index (χ3v) is 6.24. The molecule has 33 heavy (non-hydrogen) atoms. The molecule has 1 N–H and O–H groups in total. The summed E-state index contributed by atoms with van der Waals surface area (Å²) in [7, 11) is -0.789. The van der Waals surface area contributed by atoms with Crippen molar-refractivity contribution in [2.45, 2.75) is 32.3 Å². The van der Waals surface area contributed by atoms with Crippen LogP contribution in [0.2, 0.25) is 0 Å². The Morgan fingerprint density at radius 2 is 1.85 bits per heavy atom. The molecule has 8 heteroatoms. The van der Waals surface area contributed by atoms with Crippen LogP contribution < -0.4 is 0 Å². The van der Waals surface area contributed by atoms with E-state index in [9.17, 15) is 18.9 Å². The number of carbonyl (C=O) groups is 1. The molecule has 0 spiro atoms. The molecule has 0 aliphatic heterocycles. The lowest BCUT2D eigenvalue weighted by Gasteiger charge is -2.21. The molecule has 0 saturated carbocycles. The number of aromatic nitrogens is 1. The summed E-state index contributed by atoms with van der Waals surface area (Å²) in [5, 5.41) is 10.9. The Hall–Kier alpha value is -2.99. The minimum Gasteiger partial charge on any atom is -0.426 e. The van der Waals surface area contributed by atoms with Crippen LogP contribution in [0.25, 0.3) is 27.9 Å². The van der Waals surface area contributed by atoms with Gasteiger partial charge in [0.15, 0.2) is 0 Å². The van der Waals surface area contributed by atoms with Gasteiger partial charge in [-0.05, 0) is 46.4 Å². The largest absolute Gasteiger partial charge is 0.510 e. The molecule has 0 aliphatic carbocycles. The highest BCUT2D eigenvalue weighted by molar-refractivity contribution is 7.39. The van der Waals surface area contributed by atoms with Gasteiger partial charge in [-0.2, -0.15) is 0 Å². The summed E-state index contributed by atoms with van der Waals surface area (Å²) in [6, 6.07) is 13.5. The maximum Gasteiger partial charge on any atom is 0.510 e. The molecule has 2 atom stereocenters. The normalized spacial score (nSPS) is 12.6. The second-order valence-electron chi connectivity index (χ2n) is 7.88. The van der Waals surface area contributed by atoms with Gasteiger partial charge in [0.25, 0.3) is 0 Å². The Labute approximate surface area is 192 Å². The van der Waals surface area contributed by atoms with Crippen molar-refractivity contribution < 1.29 is 28.1 Å². The molecule has 1 heterocycles. The van der Waals surface area contributed by atoms with E-state index in [2.05, 4.69) is 11.1 Å². The number of rotatable bonds is 9. The Morgan fingerprint density at radius 1 is 1.18 bits per heavy atom. The predicted octanol–water partition coefficient (Wildman–Crippen LogP) is 5.82. The fraction of sp³-hybridized carbons (Fsp3) is 0.280. The minimum atomic E-state index is -2.06. The van der Waals surface area contributed by atoms with Crippen molar-refractivity contribution in [3.05, 3.63) is 72.1 Å². The fourth-order valence-corrected chi connectivity index (χ4v) is 4.29. The molecule has 0 radical (unpaired) electrons. The number of aliphatic hydroxyl groups is 1. The highest BCUT2D eigenvalue weighted by Crippen LogP contribution is 2.38. The van der Waals surface area contributed by atoms with E-state index >= 15 is 0 Å². The molecule has 3 aromatic rings. The first-order valence-corrected chi connectivity index (χ1v) is 11.8. The molecule has 6 nitrogen and oxygen atoms in total. The molecule has 0 bridgehead atoms. The van der Waals surface area contributed by atoms with Gasteiger partial charge in [0, 0.05) is 16.5 Å². The molecule has 0 saturated heterocycles. The van der Waals surface area contributed by atoms with Crippen LogP contribution >= 0.6 is 8.03 Å². The van der Waals surface area contributed by atoms with Crippen LogP contribution in [0.5, 0.6) is 0 Å². The molecule has 2 unspecified atom stereocenters. The summed E-state index contributed by atoms with van der Waals surface area (Å²) in [5.41, 5.74) is 3.34. The maximum absolute atomic E-state index is 13.6. The van der Waals surface area contributed by atoms with Gasteiger partial charge in [0.2, 0.25) is 6.16 Å². The van der Waals surface area contributed by atoms with Crippen LogP contribution in [-0.4, -0.2) is 35.4 Å². The topological polar surface area (TPSA) is 85.7 Å². The van der Waals surface area contributed by atoms with E-state index in [1.165, 1.54) is 19.2 Å². The molecule has 2 aromatic carbocycles. The second-order valence-corrected chi connectivity index (χ2v) is 9.28. The minimum absolute atomic E-state index is 0.0267. The number of aliphatic hydroxyl groups excluding tert-OH is 1. The van der Waals surface area contributed by atoms with E-state index in [-0.39, 0.29) is 30.1 Å². The number of nitrogens with zero attached hydrogens (tertiary/aromatic N) is 1. The second kappa shape index (κ2) is 10.8. The van der Waals surface area contributed by atoms with E-state index in [1.807, 2.05) is 38.1 Å². The Kier molecular flexibility index (Phi) is 8.03. The van der Waals surface area contributed by atoms with Crippen molar-refractivity contribution in [3.63, 3.8) is 0 Å². The zero-order valence-electron chi connectivity index (χ0n) is 18.7. The van der Waals surface area contributed by atoms with Crippen molar-refractivity contribution in [1.82, 2.24) is 4.98 Å². The number of ether oxygens (including phenoxy) is 1. The summed E-state index contributed by atoms with van der Waals surface area (Å²) in [6.45, 7) is 8.01. The van der Waals surface area contributed by atoms with Crippen LogP contribution in [0.4, 0.5) is 4.39 Å². The van der Waals surface area contributed by atoms with Crippen LogP contribution in [0.15, 0.2) is 55.1 Å². The van der Waals surface area contributed by atoms with Crippen molar-refractivity contribution in [2.24, 2.45) is 0 Å². The summed E-state index contributed by atoms with van der Waals surface area (Å²) in [6.07, 6.45) is -1.72. The van der Waals surface area contributed by atoms with Crippen molar-refractivity contribution >= 4 is 30.7 Å². The summed E-state index contributed by atoms with van der Waals surface area (Å²) >= 11 is 0.